The summed E-state index contributed by atoms with van der Waals surface area (Å²) in [5.74, 6) is 1.13. The number of carbonyl (C=O) groups excluding carboxylic acids is 2. The molecule has 3 N–H and O–H groups in total. The Morgan fingerprint density at radius 3 is 2.58 bits per heavy atom. The third-order valence-corrected chi connectivity index (χ3v) is 8.43. The molecule has 222 valence electrons. The maximum Gasteiger partial charge on any atom is 0.239 e. The summed E-state index contributed by atoms with van der Waals surface area (Å²) in [6.07, 6.45) is 3.86. The lowest BCUT2D eigenvalue weighted by molar-refractivity contribution is -0.120. The van der Waals surface area contributed by atoms with E-state index in [2.05, 4.69) is 35.5 Å². The van der Waals surface area contributed by atoms with E-state index in [0.717, 1.165) is 45.5 Å². The largest absolute Gasteiger partial charge is 0.493 e. The number of benzene rings is 3. The molecule has 0 fully saturated rings. The van der Waals surface area contributed by atoms with Gasteiger partial charge in [-0.3, -0.25) is 9.59 Å². The van der Waals surface area contributed by atoms with Crippen molar-refractivity contribution >= 4 is 34.0 Å². The lowest BCUT2D eigenvalue weighted by atomic mass is 9.73. The number of ether oxygens (including phenoxy) is 2. The van der Waals surface area contributed by atoms with Gasteiger partial charge in [0.2, 0.25) is 5.91 Å². The summed E-state index contributed by atoms with van der Waals surface area (Å²) < 4.78 is 11.2. The van der Waals surface area contributed by atoms with E-state index in [1.54, 1.807) is 14.2 Å². The fraction of sp³-hybridized carbons (Fsp3) is 0.314. The molecule has 0 bridgehead atoms. The fourth-order valence-electron chi connectivity index (χ4n) is 6.48. The number of ketones is 1. The maximum atomic E-state index is 14.0. The monoisotopic (exact) mass is 578 g/mol. The van der Waals surface area contributed by atoms with Crippen LogP contribution in [0.25, 0.3) is 10.9 Å². The van der Waals surface area contributed by atoms with Gasteiger partial charge in [-0.05, 0) is 59.7 Å². The minimum absolute atomic E-state index is 0.0685. The van der Waals surface area contributed by atoms with Gasteiger partial charge in [0.25, 0.3) is 0 Å². The molecule has 43 heavy (non-hydrogen) atoms. The number of aromatic nitrogens is 1. The van der Waals surface area contributed by atoms with Gasteiger partial charge >= 0.3 is 0 Å². The van der Waals surface area contributed by atoms with E-state index in [9.17, 15) is 9.59 Å². The number of amides is 1. The normalized spacial score (nSPS) is 17.5. The Labute approximate surface area is 252 Å². The zero-order valence-electron chi connectivity index (χ0n) is 25.1. The van der Waals surface area contributed by atoms with Crippen molar-refractivity contribution in [3.05, 3.63) is 95.3 Å². The van der Waals surface area contributed by atoms with Crippen LogP contribution in [0.1, 0.15) is 43.9 Å². The molecule has 3 aromatic carbocycles. The highest BCUT2D eigenvalue weighted by Gasteiger charge is 2.42. The van der Waals surface area contributed by atoms with E-state index >= 15 is 0 Å². The highest BCUT2D eigenvalue weighted by Crippen LogP contribution is 2.49. The number of allylic oxidation sites excluding steroid dienone is 1. The number of para-hydroxylation sites is 3. The van der Waals surface area contributed by atoms with Crippen molar-refractivity contribution in [3.63, 3.8) is 0 Å². The summed E-state index contributed by atoms with van der Waals surface area (Å²) in [5.41, 5.74) is 6.22. The van der Waals surface area contributed by atoms with Gasteiger partial charge in [0, 0.05) is 41.3 Å². The Bertz CT molecular complexity index is 1720. The Morgan fingerprint density at radius 1 is 1.00 bits per heavy atom. The molecule has 1 amide bonds. The first kappa shape index (κ1) is 28.4. The average molecular weight is 579 g/mol. The van der Waals surface area contributed by atoms with E-state index in [0.29, 0.717) is 36.5 Å². The van der Waals surface area contributed by atoms with Gasteiger partial charge in [-0.25, -0.2) is 0 Å². The van der Waals surface area contributed by atoms with Crippen molar-refractivity contribution in [2.75, 3.05) is 37.5 Å². The molecule has 1 aliphatic carbocycles. The molecule has 1 aliphatic heterocycles. The average Bonchev–Trinajstić information content (AvgIpc) is 3.34. The van der Waals surface area contributed by atoms with Gasteiger partial charge in [-0.1, -0.05) is 50.2 Å². The van der Waals surface area contributed by atoms with E-state index in [-0.39, 0.29) is 23.7 Å². The smallest absolute Gasteiger partial charge is 0.239 e. The predicted molar refractivity (Wildman–Crippen MR) is 170 cm³/mol. The lowest BCUT2D eigenvalue weighted by Crippen LogP contribution is -2.42. The van der Waals surface area contributed by atoms with Crippen LogP contribution in [-0.2, 0) is 16.0 Å². The first-order valence-corrected chi connectivity index (χ1v) is 14.7. The standard InChI is InChI=1S/C35H38N4O4/c1-35(2)18-27-33(29(40)19-35)34(22-13-14-30(42-3)31(17-22)43-4)39(28-12-8-7-11-26(28)38-27)21-32(41)36-16-15-23-20-37-25-10-6-5-9-24(23)25/h5-14,17,20,34,37-38H,15-16,18-19,21H2,1-4H3,(H,36,41). The number of hydrogen-bond donors (Lipinski definition) is 3. The van der Waals surface area contributed by atoms with Crippen LogP contribution in [0.3, 0.4) is 0 Å². The minimum Gasteiger partial charge on any atom is -0.493 e. The molecule has 1 atom stereocenters. The number of nitrogens with one attached hydrogen (secondary N) is 3. The summed E-state index contributed by atoms with van der Waals surface area (Å²) >= 11 is 0. The molecule has 1 unspecified atom stereocenters. The first-order chi connectivity index (χ1) is 20.8. The van der Waals surface area contributed by atoms with Crippen LogP contribution in [0, 0.1) is 5.41 Å². The molecule has 8 heteroatoms. The van der Waals surface area contributed by atoms with Crippen molar-refractivity contribution in [1.82, 2.24) is 10.3 Å². The maximum absolute atomic E-state index is 14.0. The van der Waals surface area contributed by atoms with E-state index < -0.39 is 6.04 Å². The zero-order chi connectivity index (χ0) is 30.1. The Balaban J connectivity index is 1.36. The Kier molecular flexibility index (Phi) is 7.61. The summed E-state index contributed by atoms with van der Waals surface area (Å²) in [4.78, 5) is 33.0. The van der Waals surface area contributed by atoms with Crippen LogP contribution in [0.15, 0.2) is 84.2 Å². The SMILES string of the molecule is COc1ccc(C2C3=C(CC(C)(C)CC3=O)Nc3ccccc3N2CC(=O)NCCc2c[nH]c3ccccc23)cc1OC. The van der Waals surface area contributed by atoms with Crippen LogP contribution < -0.4 is 25.0 Å². The molecule has 4 aromatic rings. The third-order valence-electron chi connectivity index (χ3n) is 8.43. The second-order valence-corrected chi connectivity index (χ2v) is 12.1. The molecular weight excluding hydrogens is 540 g/mol. The molecule has 0 spiro atoms. The number of rotatable bonds is 8. The number of nitrogens with zero attached hydrogens (tertiary/aromatic N) is 1. The molecule has 2 heterocycles. The van der Waals surface area contributed by atoms with E-state index in [1.165, 1.54) is 0 Å². The summed E-state index contributed by atoms with van der Waals surface area (Å²) in [6.45, 7) is 4.81. The third kappa shape index (κ3) is 5.57. The van der Waals surface area contributed by atoms with Gasteiger partial charge in [-0.2, -0.15) is 0 Å². The quantitative estimate of drug-likeness (QED) is 0.232. The number of methoxy groups -OCH3 is 2. The van der Waals surface area contributed by atoms with Crippen LogP contribution >= 0.6 is 0 Å². The highest BCUT2D eigenvalue weighted by atomic mass is 16.5. The molecule has 0 saturated carbocycles. The highest BCUT2D eigenvalue weighted by molar-refractivity contribution is 6.02. The van der Waals surface area contributed by atoms with Gasteiger partial charge in [0.15, 0.2) is 17.3 Å². The fourth-order valence-corrected chi connectivity index (χ4v) is 6.48. The number of fused-ring (bicyclic) bond motifs is 2. The Hall–Kier alpha value is -4.72. The van der Waals surface area contributed by atoms with Crippen LogP contribution in [0.5, 0.6) is 11.5 Å². The van der Waals surface area contributed by atoms with Gasteiger partial charge < -0.3 is 30.0 Å². The predicted octanol–water partition coefficient (Wildman–Crippen LogP) is 6.16. The number of hydrogen-bond acceptors (Lipinski definition) is 6. The van der Waals surface area contributed by atoms with Crippen molar-refractivity contribution in [2.45, 2.75) is 39.2 Å². The second kappa shape index (κ2) is 11.5. The van der Waals surface area contributed by atoms with Gasteiger partial charge in [0.1, 0.15) is 0 Å². The summed E-state index contributed by atoms with van der Waals surface area (Å²) in [6, 6.07) is 21.3. The summed E-state index contributed by atoms with van der Waals surface area (Å²) in [5, 5.41) is 7.90. The summed E-state index contributed by atoms with van der Waals surface area (Å²) in [7, 11) is 3.20. The van der Waals surface area contributed by atoms with E-state index in [4.69, 9.17) is 9.47 Å². The van der Waals surface area contributed by atoms with Crippen molar-refractivity contribution in [1.29, 1.82) is 0 Å². The minimum atomic E-state index is -0.506. The van der Waals surface area contributed by atoms with Crippen molar-refractivity contribution < 1.29 is 19.1 Å². The topological polar surface area (TPSA) is 95.7 Å². The second-order valence-electron chi connectivity index (χ2n) is 12.1. The first-order valence-electron chi connectivity index (χ1n) is 14.7. The molecule has 1 aromatic heterocycles. The number of aromatic amines is 1. The molecular formula is C35H38N4O4. The zero-order valence-corrected chi connectivity index (χ0v) is 25.1. The van der Waals surface area contributed by atoms with E-state index in [1.807, 2.05) is 71.8 Å². The van der Waals surface area contributed by atoms with Crippen molar-refractivity contribution in [2.24, 2.45) is 5.41 Å². The van der Waals surface area contributed by atoms with Gasteiger partial charge in [-0.15, -0.1) is 0 Å². The number of carbonyl (C=O) groups is 2. The van der Waals surface area contributed by atoms with Gasteiger partial charge in [0.05, 0.1) is 38.2 Å². The number of anilines is 2. The Morgan fingerprint density at radius 2 is 1.77 bits per heavy atom. The number of Topliss-reactive ketones (excluding diaryl/α,β-unsaturated/α-hetero) is 1. The molecule has 2 aliphatic rings. The molecule has 0 radical (unpaired) electrons. The molecule has 6 rings (SSSR count). The molecule has 0 saturated heterocycles. The van der Waals surface area contributed by atoms with Crippen LogP contribution in [0.4, 0.5) is 11.4 Å². The van der Waals surface area contributed by atoms with Crippen LogP contribution in [0.2, 0.25) is 0 Å². The number of H-pyrrole nitrogens is 1. The lowest BCUT2D eigenvalue weighted by Gasteiger charge is -2.38. The van der Waals surface area contributed by atoms with Crippen LogP contribution in [-0.4, -0.2) is 44.0 Å². The van der Waals surface area contributed by atoms with Crippen molar-refractivity contribution in [3.8, 4) is 11.5 Å². The molecule has 8 nitrogen and oxygen atoms in total.